The molecule has 106 valence electrons. The Balaban J connectivity index is 2.11. The molecule has 1 aromatic rings. The third kappa shape index (κ3) is 7.34. The van der Waals surface area contributed by atoms with Gasteiger partial charge in [-0.1, -0.05) is 12.1 Å². The molecule has 0 bridgehead atoms. The Morgan fingerprint density at radius 3 is 2.42 bits per heavy atom. The molecular formula is C15H23NO3. The number of amides is 1. The van der Waals surface area contributed by atoms with Crippen molar-refractivity contribution in [1.29, 1.82) is 0 Å². The van der Waals surface area contributed by atoms with Crippen LogP contribution in [0.5, 0.6) is 5.75 Å². The van der Waals surface area contributed by atoms with Gasteiger partial charge < -0.3 is 15.2 Å². The average molecular weight is 265 g/mol. The number of hydrogen-bond donors (Lipinski definition) is 2. The molecule has 0 aliphatic rings. The number of aromatic hydroxyl groups is 1. The van der Waals surface area contributed by atoms with Gasteiger partial charge in [-0.05, 0) is 57.7 Å². The summed E-state index contributed by atoms with van der Waals surface area (Å²) in [7, 11) is 0. The maximum Gasteiger partial charge on any atom is 0.407 e. The van der Waals surface area contributed by atoms with Gasteiger partial charge >= 0.3 is 6.09 Å². The quantitative estimate of drug-likeness (QED) is 0.803. The highest BCUT2D eigenvalue weighted by atomic mass is 16.6. The molecule has 0 aromatic heterocycles. The molecule has 0 heterocycles. The number of aryl methyl sites for hydroxylation is 1. The summed E-state index contributed by atoms with van der Waals surface area (Å²) < 4.78 is 5.14. The molecule has 0 aliphatic heterocycles. The second kappa shape index (κ2) is 7.02. The Labute approximate surface area is 114 Å². The minimum atomic E-state index is -0.448. The fraction of sp³-hybridized carbons (Fsp3) is 0.533. The summed E-state index contributed by atoms with van der Waals surface area (Å²) >= 11 is 0. The van der Waals surface area contributed by atoms with E-state index in [9.17, 15) is 4.79 Å². The number of nitrogens with one attached hydrogen (secondary N) is 1. The molecule has 4 nitrogen and oxygen atoms in total. The van der Waals surface area contributed by atoms with Crippen LogP contribution in [0.25, 0.3) is 0 Å². The number of alkyl carbamates (subject to hydrolysis) is 1. The van der Waals surface area contributed by atoms with Crippen molar-refractivity contribution in [3.63, 3.8) is 0 Å². The smallest absolute Gasteiger partial charge is 0.407 e. The van der Waals surface area contributed by atoms with Crippen molar-refractivity contribution in [3.8, 4) is 5.75 Å². The number of unbranched alkanes of at least 4 members (excludes halogenated alkanes) is 1. The van der Waals surface area contributed by atoms with Crippen LogP contribution >= 0.6 is 0 Å². The van der Waals surface area contributed by atoms with Gasteiger partial charge in [0.1, 0.15) is 11.4 Å². The summed E-state index contributed by atoms with van der Waals surface area (Å²) in [6.07, 6.45) is 2.47. The van der Waals surface area contributed by atoms with Crippen LogP contribution in [0.2, 0.25) is 0 Å². The van der Waals surface area contributed by atoms with Crippen LogP contribution in [-0.2, 0) is 11.2 Å². The fourth-order valence-electron chi connectivity index (χ4n) is 1.62. The Morgan fingerprint density at radius 2 is 1.84 bits per heavy atom. The lowest BCUT2D eigenvalue weighted by Crippen LogP contribution is -2.33. The molecule has 0 fully saturated rings. The van der Waals surface area contributed by atoms with Gasteiger partial charge in [0.15, 0.2) is 0 Å². The lowest BCUT2D eigenvalue weighted by atomic mass is 10.1. The van der Waals surface area contributed by atoms with Gasteiger partial charge in [-0.2, -0.15) is 0 Å². The molecular weight excluding hydrogens is 242 g/mol. The molecule has 2 N–H and O–H groups in total. The number of rotatable bonds is 5. The van der Waals surface area contributed by atoms with Gasteiger partial charge in [-0.3, -0.25) is 0 Å². The third-order valence-corrected chi connectivity index (χ3v) is 2.50. The largest absolute Gasteiger partial charge is 0.508 e. The van der Waals surface area contributed by atoms with E-state index in [2.05, 4.69) is 5.32 Å². The summed E-state index contributed by atoms with van der Waals surface area (Å²) in [5.74, 6) is 0.287. The molecule has 0 aliphatic carbocycles. The molecule has 1 rings (SSSR count). The van der Waals surface area contributed by atoms with E-state index >= 15 is 0 Å². The van der Waals surface area contributed by atoms with Crippen molar-refractivity contribution < 1.29 is 14.6 Å². The molecule has 0 saturated carbocycles. The SMILES string of the molecule is CC(C)(C)OC(=O)NCCCCc1ccc(O)cc1. The zero-order valence-corrected chi connectivity index (χ0v) is 11.9. The second-order valence-corrected chi connectivity index (χ2v) is 5.55. The number of phenols is 1. The Kier molecular flexibility index (Phi) is 5.67. The predicted octanol–water partition coefficient (Wildman–Crippen LogP) is 3.24. The van der Waals surface area contributed by atoms with Crippen LogP contribution in [0.4, 0.5) is 4.79 Å². The zero-order valence-electron chi connectivity index (χ0n) is 11.9. The third-order valence-electron chi connectivity index (χ3n) is 2.50. The van der Waals surface area contributed by atoms with Crippen LogP contribution < -0.4 is 5.32 Å². The summed E-state index contributed by atoms with van der Waals surface area (Å²) in [6, 6.07) is 7.20. The first kappa shape index (κ1) is 15.3. The summed E-state index contributed by atoms with van der Waals surface area (Å²) in [4.78, 5) is 11.4. The van der Waals surface area contributed by atoms with Crippen LogP contribution in [0.15, 0.2) is 24.3 Å². The highest BCUT2D eigenvalue weighted by Crippen LogP contribution is 2.11. The number of hydrogen-bond acceptors (Lipinski definition) is 3. The van der Waals surface area contributed by atoms with Crippen molar-refractivity contribution in [2.24, 2.45) is 0 Å². The van der Waals surface area contributed by atoms with Crippen LogP contribution in [0.3, 0.4) is 0 Å². The molecule has 1 aromatic carbocycles. The first-order valence-corrected chi connectivity index (χ1v) is 6.61. The summed E-state index contributed by atoms with van der Waals surface area (Å²) in [5.41, 5.74) is 0.742. The first-order chi connectivity index (χ1) is 8.87. The monoisotopic (exact) mass is 265 g/mol. The lowest BCUT2D eigenvalue weighted by molar-refractivity contribution is 0.0527. The van der Waals surface area contributed by atoms with E-state index in [0.29, 0.717) is 6.54 Å². The van der Waals surface area contributed by atoms with E-state index in [1.54, 1.807) is 12.1 Å². The molecule has 0 unspecified atom stereocenters. The van der Waals surface area contributed by atoms with Crippen LogP contribution in [0.1, 0.15) is 39.2 Å². The summed E-state index contributed by atoms with van der Waals surface area (Å²) in [6.45, 7) is 6.15. The predicted molar refractivity (Wildman–Crippen MR) is 75.3 cm³/mol. The Morgan fingerprint density at radius 1 is 1.21 bits per heavy atom. The molecule has 0 spiro atoms. The lowest BCUT2D eigenvalue weighted by Gasteiger charge is -2.19. The van der Waals surface area contributed by atoms with Gasteiger partial charge in [0, 0.05) is 6.54 Å². The zero-order chi connectivity index (χ0) is 14.3. The van der Waals surface area contributed by atoms with Crippen LogP contribution in [0, 0.1) is 0 Å². The highest BCUT2D eigenvalue weighted by Gasteiger charge is 2.15. The van der Waals surface area contributed by atoms with Gasteiger partial charge in [-0.15, -0.1) is 0 Å². The van der Waals surface area contributed by atoms with E-state index in [-0.39, 0.29) is 11.8 Å². The normalized spacial score (nSPS) is 11.1. The van der Waals surface area contributed by atoms with Crippen molar-refractivity contribution in [2.45, 2.75) is 45.6 Å². The minimum Gasteiger partial charge on any atom is -0.508 e. The molecule has 4 heteroatoms. The molecule has 1 amide bonds. The second-order valence-electron chi connectivity index (χ2n) is 5.55. The number of carbonyl (C=O) groups excluding carboxylic acids is 1. The Hall–Kier alpha value is -1.71. The summed E-state index contributed by atoms with van der Waals surface area (Å²) in [5, 5.41) is 11.9. The molecule has 19 heavy (non-hydrogen) atoms. The maximum atomic E-state index is 11.4. The number of carbonyl (C=O) groups is 1. The maximum absolute atomic E-state index is 11.4. The topological polar surface area (TPSA) is 58.6 Å². The first-order valence-electron chi connectivity index (χ1n) is 6.61. The Bertz CT molecular complexity index is 393. The van der Waals surface area contributed by atoms with Crippen molar-refractivity contribution in [1.82, 2.24) is 5.32 Å². The number of phenolic OH excluding ortho intramolecular Hbond substituents is 1. The minimum absolute atomic E-state index is 0.287. The van der Waals surface area contributed by atoms with E-state index in [1.807, 2.05) is 32.9 Å². The molecule has 0 atom stereocenters. The van der Waals surface area contributed by atoms with Gasteiger partial charge in [0.25, 0.3) is 0 Å². The van der Waals surface area contributed by atoms with Gasteiger partial charge in [-0.25, -0.2) is 4.79 Å². The van der Waals surface area contributed by atoms with E-state index in [0.717, 1.165) is 19.3 Å². The van der Waals surface area contributed by atoms with Crippen molar-refractivity contribution >= 4 is 6.09 Å². The molecule has 0 saturated heterocycles. The standard InChI is InChI=1S/C15H23NO3/c1-15(2,3)19-14(18)16-11-5-4-6-12-7-9-13(17)10-8-12/h7-10,17H,4-6,11H2,1-3H3,(H,16,18). The number of benzene rings is 1. The van der Waals surface area contributed by atoms with E-state index < -0.39 is 5.60 Å². The van der Waals surface area contributed by atoms with E-state index in [1.165, 1.54) is 5.56 Å². The van der Waals surface area contributed by atoms with Gasteiger partial charge in [0.05, 0.1) is 0 Å². The highest BCUT2D eigenvalue weighted by molar-refractivity contribution is 5.67. The fourth-order valence-corrected chi connectivity index (χ4v) is 1.62. The van der Waals surface area contributed by atoms with Crippen molar-refractivity contribution in [3.05, 3.63) is 29.8 Å². The van der Waals surface area contributed by atoms with Crippen LogP contribution in [-0.4, -0.2) is 23.3 Å². The van der Waals surface area contributed by atoms with Gasteiger partial charge in [0.2, 0.25) is 0 Å². The van der Waals surface area contributed by atoms with Crippen molar-refractivity contribution in [2.75, 3.05) is 6.54 Å². The van der Waals surface area contributed by atoms with E-state index in [4.69, 9.17) is 9.84 Å². The molecule has 0 radical (unpaired) electrons. The number of ether oxygens (including phenoxy) is 1. The average Bonchev–Trinajstić information content (AvgIpc) is 2.29.